The summed E-state index contributed by atoms with van der Waals surface area (Å²) < 4.78 is 6.01. The Kier molecular flexibility index (Phi) is 4.51. The van der Waals surface area contributed by atoms with Gasteiger partial charge in [0.2, 0.25) is 5.91 Å². The molecular formula is C19H24N2O3. The number of aliphatic hydroxyl groups excluding tert-OH is 1. The third-order valence-electron chi connectivity index (χ3n) is 5.17. The van der Waals surface area contributed by atoms with Crippen LogP contribution >= 0.6 is 0 Å². The molecule has 2 aliphatic rings. The summed E-state index contributed by atoms with van der Waals surface area (Å²) in [6.07, 6.45) is 4.27. The fourth-order valence-corrected chi connectivity index (χ4v) is 3.74. The molecule has 3 rings (SSSR count). The Hall–Kier alpha value is -2.06. The van der Waals surface area contributed by atoms with Crippen LogP contribution in [0.25, 0.3) is 0 Å². The Morgan fingerprint density at radius 2 is 2.04 bits per heavy atom. The van der Waals surface area contributed by atoms with Crippen molar-refractivity contribution in [3.05, 3.63) is 29.3 Å². The number of carbonyl (C=O) groups excluding carboxylic acids is 1. The Bertz CT molecular complexity index is 672. The first-order valence-corrected chi connectivity index (χ1v) is 8.64. The van der Waals surface area contributed by atoms with E-state index in [2.05, 4.69) is 11.4 Å². The van der Waals surface area contributed by atoms with Crippen molar-refractivity contribution in [2.75, 3.05) is 0 Å². The molecule has 128 valence electrons. The fraction of sp³-hybridized carbons (Fsp3) is 0.579. The van der Waals surface area contributed by atoms with Crippen LogP contribution in [0.2, 0.25) is 0 Å². The first kappa shape index (κ1) is 16.8. The fourth-order valence-electron chi connectivity index (χ4n) is 3.74. The van der Waals surface area contributed by atoms with Gasteiger partial charge in [0.05, 0.1) is 17.7 Å². The summed E-state index contributed by atoms with van der Waals surface area (Å²) in [6.45, 7) is 3.73. The highest BCUT2D eigenvalue weighted by Gasteiger charge is 2.44. The lowest BCUT2D eigenvalue weighted by Crippen LogP contribution is -2.58. The van der Waals surface area contributed by atoms with E-state index >= 15 is 0 Å². The van der Waals surface area contributed by atoms with E-state index < -0.39 is 17.7 Å². The SMILES string of the molecule is CC1(C)Oc2ccc(C#N)cc2C(O)C1NC(=O)C1CCCCC1. The monoisotopic (exact) mass is 328 g/mol. The highest BCUT2D eigenvalue weighted by molar-refractivity contribution is 5.79. The predicted octanol–water partition coefficient (Wildman–Crippen LogP) is 2.83. The van der Waals surface area contributed by atoms with E-state index in [4.69, 9.17) is 10.00 Å². The van der Waals surface area contributed by atoms with E-state index in [-0.39, 0.29) is 11.8 Å². The minimum Gasteiger partial charge on any atom is -0.485 e. The standard InChI is InChI=1S/C19H24N2O3/c1-19(2)17(21-18(23)13-6-4-3-5-7-13)16(22)14-10-12(11-20)8-9-15(14)24-19/h8-10,13,16-17,22H,3-7H2,1-2H3,(H,21,23). The topological polar surface area (TPSA) is 82.3 Å². The number of nitrogens with zero attached hydrogens (tertiary/aromatic N) is 1. The second kappa shape index (κ2) is 6.45. The van der Waals surface area contributed by atoms with Crippen molar-refractivity contribution in [2.45, 2.75) is 63.7 Å². The summed E-state index contributed by atoms with van der Waals surface area (Å²) in [7, 11) is 0. The lowest BCUT2D eigenvalue weighted by atomic mass is 9.84. The summed E-state index contributed by atoms with van der Waals surface area (Å²) in [6, 6.07) is 6.53. The minimum absolute atomic E-state index is 0.00434. The van der Waals surface area contributed by atoms with Crippen LogP contribution < -0.4 is 10.1 Å². The first-order valence-electron chi connectivity index (χ1n) is 8.64. The van der Waals surface area contributed by atoms with Crippen molar-refractivity contribution < 1.29 is 14.6 Å². The molecule has 1 heterocycles. The van der Waals surface area contributed by atoms with Gasteiger partial charge in [0, 0.05) is 11.5 Å². The Balaban J connectivity index is 1.83. The second-order valence-electron chi connectivity index (χ2n) is 7.34. The molecule has 1 aromatic rings. The van der Waals surface area contributed by atoms with Crippen LogP contribution in [0.4, 0.5) is 0 Å². The van der Waals surface area contributed by atoms with Crippen molar-refractivity contribution in [1.82, 2.24) is 5.32 Å². The van der Waals surface area contributed by atoms with Crippen LogP contribution in [-0.2, 0) is 4.79 Å². The molecule has 0 spiro atoms. The number of fused-ring (bicyclic) bond motifs is 1. The quantitative estimate of drug-likeness (QED) is 0.874. The van der Waals surface area contributed by atoms with Crippen molar-refractivity contribution in [2.24, 2.45) is 5.92 Å². The highest BCUT2D eigenvalue weighted by Crippen LogP contribution is 2.40. The van der Waals surface area contributed by atoms with Crippen LogP contribution in [0.15, 0.2) is 18.2 Å². The van der Waals surface area contributed by atoms with E-state index in [1.165, 1.54) is 6.42 Å². The molecular weight excluding hydrogens is 304 g/mol. The molecule has 1 aliphatic heterocycles. The van der Waals surface area contributed by atoms with Gasteiger partial charge in [0.15, 0.2) is 0 Å². The van der Waals surface area contributed by atoms with Crippen molar-refractivity contribution >= 4 is 5.91 Å². The van der Waals surface area contributed by atoms with Crippen molar-refractivity contribution in [3.63, 3.8) is 0 Å². The summed E-state index contributed by atoms with van der Waals surface area (Å²) in [5.41, 5.74) is 0.293. The molecule has 2 unspecified atom stereocenters. The summed E-state index contributed by atoms with van der Waals surface area (Å²) >= 11 is 0. The smallest absolute Gasteiger partial charge is 0.223 e. The maximum Gasteiger partial charge on any atom is 0.223 e. The van der Waals surface area contributed by atoms with Gasteiger partial charge >= 0.3 is 0 Å². The van der Waals surface area contributed by atoms with Gasteiger partial charge in [-0.15, -0.1) is 0 Å². The minimum atomic E-state index is -0.899. The Morgan fingerprint density at radius 1 is 1.33 bits per heavy atom. The number of amides is 1. The normalized spacial score (nSPS) is 25.9. The summed E-state index contributed by atoms with van der Waals surface area (Å²) in [5, 5.41) is 22.9. The van der Waals surface area contributed by atoms with E-state index in [1.807, 2.05) is 13.8 Å². The zero-order valence-corrected chi connectivity index (χ0v) is 14.2. The number of hydrogen-bond acceptors (Lipinski definition) is 4. The summed E-state index contributed by atoms with van der Waals surface area (Å²) in [5.74, 6) is 0.582. The number of aliphatic hydroxyl groups is 1. The molecule has 5 heteroatoms. The number of hydrogen-bond donors (Lipinski definition) is 2. The van der Waals surface area contributed by atoms with Gasteiger partial charge < -0.3 is 15.2 Å². The highest BCUT2D eigenvalue weighted by atomic mass is 16.5. The average Bonchev–Trinajstić information content (AvgIpc) is 2.58. The first-order chi connectivity index (χ1) is 11.4. The molecule has 5 nitrogen and oxygen atoms in total. The molecule has 2 N–H and O–H groups in total. The number of ether oxygens (including phenoxy) is 1. The van der Waals surface area contributed by atoms with Crippen molar-refractivity contribution in [1.29, 1.82) is 5.26 Å². The van der Waals surface area contributed by atoms with Gasteiger partial charge in [0.1, 0.15) is 17.5 Å². The lowest BCUT2D eigenvalue weighted by molar-refractivity contribution is -0.131. The van der Waals surface area contributed by atoms with Gasteiger partial charge in [0.25, 0.3) is 0 Å². The maximum absolute atomic E-state index is 12.6. The van der Waals surface area contributed by atoms with Gasteiger partial charge in [-0.3, -0.25) is 4.79 Å². The van der Waals surface area contributed by atoms with Gasteiger partial charge in [-0.25, -0.2) is 0 Å². The molecule has 0 bridgehead atoms. The average molecular weight is 328 g/mol. The zero-order chi connectivity index (χ0) is 17.3. The molecule has 2 atom stereocenters. The molecule has 0 aromatic heterocycles. The van der Waals surface area contributed by atoms with E-state index in [9.17, 15) is 9.90 Å². The molecule has 1 saturated carbocycles. The summed E-state index contributed by atoms with van der Waals surface area (Å²) in [4.78, 5) is 12.6. The number of benzene rings is 1. The van der Waals surface area contributed by atoms with E-state index in [0.29, 0.717) is 16.9 Å². The third kappa shape index (κ3) is 3.11. The molecule has 1 fully saturated rings. The maximum atomic E-state index is 12.6. The van der Waals surface area contributed by atoms with Crippen LogP contribution in [0.1, 0.15) is 63.2 Å². The zero-order valence-electron chi connectivity index (χ0n) is 14.2. The number of carbonyl (C=O) groups is 1. The number of nitriles is 1. The number of nitrogens with one attached hydrogen (secondary N) is 1. The van der Waals surface area contributed by atoms with Crippen LogP contribution in [-0.4, -0.2) is 22.7 Å². The molecule has 1 aliphatic carbocycles. The molecule has 0 radical (unpaired) electrons. The Labute approximate surface area is 142 Å². The van der Waals surface area contributed by atoms with E-state index in [1.54, 1.807) is 18.2 Å². The largest absolute Gasteiger partial charge is 0.485 e. The van der Waals surface area contributed by atoms with Crippen LogP contribution in [0.5, 0.6) is 5.75 Å². The number of rotatable bonds is 2. The third-order valence-corrected chi connectivity index (χ3v) is 5.17. The van der Waals surface area contributed by atoms with Gasteiger partial charge in [-0.1, -0.05) is 19.3 Å². The molecule has 24 heavy (non-hydrogen) atoms. The predicted molar refractivity (Wildman–Crippen MR) is 89.3 cm³/mol. The molecule has 0 saturated heterocycles. The molecule has 1 aromatic carbocycles. The van der Waals surface area contributed by atoms with E-state index in [0.717, 1.165) is 25.7 Å². The Morgan fingerprint density at radius 3 is 2.71 bits per heavy atom. The van der Waals surface area contributed by atoms with Crippen LogP contribution in [0, 0.1) is 17.2 Å². The van der Waals surface area contributed by atoms with Gasteiger partial charge in [-0.05, 0) is 44.9 Å². The lowest BCUT2D eigenvalue weighted by Gasteiger charge is -2.43. The second-order valence-corrected chi connectivity index (χ2v) is 7.34. The van der Waals surface area contributed by atoms with Crippen molar-refractivity contribution in [3.8, 4) is 11.8 Å². The molecule has 1 amide bonds. The van der Waals surface area contributed by atoms with Gasteiger partial charge in [-0.2, -0.15) is 5.26 Å². The van der Waals surface area contributed by atoms with Crippen LogP contribution in [0.3, 0.4) is 0 Å².